The molecule has 0 radical (unpaired) electrons. The largest absolute Gasteiger partial charge is 0.481 e. The average Bonchev–Trinajstić information content (AvgIpc) is 2.91. The maximum absolute atomic E-state index is 13.8. The highest BCUT2D eigenvalue weighted by atomic mass is 16.4. The van der Waals surface area contributed by atoms with Crippen LogP contribution in [-0.4, -0.2) is 34.5 Å². The van der Waals surface area contributed by atoms with Crippen molar-refractivity contribution in [2.24, 2.45) is 11.3 Å². The number of unbranched alkanes of at least 4 members (excludes halogenated alkanes) is 7. The molecule has 39 heavy (non-hydrogen) atoms. The Kier molecular flexibility index (Phi) is 13.8. The third-order valence-electron chi connectivity index (χ3n) is 6.85. The standard InChI is InChI=1S/C33H48N2O4/c1-5-6-7-8-9-10-11-14-23-28(24-29(36)37)31(38)35(25-33(2,3)4)32(39)34-30(26-19-15-12-16-20-26)27-21-17-13-18-22-27/h12-13,15-22,28,30H,5-11,14,23-25H2,1-4H3,(H,34,39)(H,36,37)/t28-/m1/s1. The van der Waals surface area contributed by atoms with Crippen molar-refractivity contribution in [3.63, 3.8) is 0 Å². The van der Waals surface area contributed by atoms with Gasteiger partial charge in [0.25, 0.3) is 0 Å². The number of hydrogen-bond donors (Lipinski definition) is 2. The number of urea groups is 1. The number of nitrogens with zero attached hydrogens (tertiary/aromatic N) is 1. The van der Waals surface area contributed by atoms with Gasteiger partial charge < -0.3 is 10.4 Å². The molecule has 3 amide bonds. The highest BCUT2D eigenvalue weighted by molar-refractivity contribution is 5.97. The van der Waals surface area contributed by atoms with Crippen molar-refractivity contribution in [1.29, 1.82) is 0 Å². The highest BCUT2D eigenvalue weighted by Gasteiger charge is 2.34. The van der Waals surface area contributed by atoms with Crippen LogP contribution in [0.5, 0.6) is 0 Å². The second-order valence-electron chi connectivity index (χ2n) is 11.7. The number of hydrogen-bond acceptors (Lipinski definition) is 3. The molecule has 0 saturated carbocycles. The Hall–Kier alpha value is -3.15. The van der Waals surface area contributed by atoms with Crippen molar-refractivity contribution in [2.75, 3.05) is 6.54 Å². The first-order valence-electron chi connectivity index (χ1n) is 14.6. The molecule has 0 heterocycles. The molecule has 0 aliphatic rings. The molecule has 214 valence electrons. The van der Waals surface area contributed by atoms with Crippen molar-refractivity contribution < 1.29 is 19.5 Å². The minimum absolute atomic E-state index is 0.196. The number of carboxylic acids is 1. The number of imide groups is 1. The molecule has 0 aromatic heterocycles. The molecule has 0 aliphatic carbocycles. The molecule has 6 heteroatoms. The summed E-state index contributed by atoms with van der Waals surface area (Å²) in [5.74, 6) is -2.16. The molecule has 2 aromatic carbocycles. The summed E-state index contributed by atoms with van der Waals surface area (Å²) in [4.78, 5) is 40.5. The number of rotatable bonds is 16. The lowest BCUT2D eigenvalue weighted by Crippen LogP contribution is -2.50. The maximum Gasteiger partial charge on any atom is 0.324 e. The van der Waals surface area contributed by atoms with Gasteiger partial charge in [-0.05, 0) is 23.0 Å². The number of carbonyl (C=O) groups is 3. The molecular weight excluding hydrogens is 488 g/mol. The lowest BCUT2D eigenvalue weighted by Gasteiger charge is -2.32. The number of benzene rings is 2. The predicted molar refractivity (Wildman–Crippen MR) is 157 cm³/mol. The van der Waals surface area contributed by atoms with Gasteiger partial charge in [-0.3, -0.25) is 14.5 Å². The van der Waals surface area contributed by atoms with E-state index in [4.69, 9.17) is 0 Å². The fourth-order valence-electron chi connectivity index (χ4n) is 4.84. The van der Waals surface area contributed by atoms with E-state index in [-0.39, 0.29) is 18.4 Å². The zero-order valence-electron chi connectivity index (χ0n) is 24.3. The van der Waals surface area contributed by atoms with Gasteiger partial charge in [-0.15, -0.1) is 0 Å². The quantitative estimate of drug-likeness (QED) is 0.213. The smallest absolute Gasteiger partial charge is 0.324 e. The van der Waals surface area contributed by atoms with Gasteiger partial charge in [0.05, 0.1) is 12.5 Å². The zero-order valence-corrected chi connectivity index (χ0v) is 24.3. The first kappa shape index (κ1) is 32.1. The van der Waals surface area contributed by atoms with E-state index in [9.17, 15) is 19.5 Å². The van der Waals surface area contributed by atoms with Gasteiger partial charge in [-0.2, -0.15) is 0 Å². The topological polar surface area (TPSA) is 86.7 Å². The maximum atomic E-state index is 13.8. The first-order chi connectivity index (χ1) is 18.6. The lowest BCUT2D eigenvalue weighted by atomic mass is 9.92. The Bertz CT molecular complexity index is 962. The lowest BCUT2D eigenvalue weighted by molar-refractivity contribution is -0.144. The van der Waals surface area contributed by atoms with Gasteiger partial charge >= 0.3 is 12.0 Å². The van der Waals surface area contributed by atoms with Crippen LogP contribution < -0.4 is 5.32 Å². The molecule has 0 saturated heterocycles. The summed E-state index contributed by atoms with van der Waals surface area (Å²) in [7, 11) is 0. The normalized spacial score (nSPS) is 12.2. The number of amides is 3. The molecule has 6 nitrogen and oxygen atoms in total. The van der Waals surface area contributed by atoms with E-state index in [1.54, 1.807) is 0 Å². The Morgan fingerprint density at radius 1 is 0.795 bits per heavy atom. The van der Waals surface area contributed by atoms with Gasteiger partial charge in [0.15, 0.2) is 0 Å². The monoisotopic (exact) mass is 536 g/mol. The van der Waals surface area contributed by atoms with E-state index in [2.05, 4.69) is 12.2 Å². The van der Waals surface area contributed by atoms with Gasteiger partial charge in [0.2, 0.25) is 5.91 Å². The summed E-state index contributed by atoms with van der Waals surface area (Å²) >= 11 is 0. The Morgan fingerprint density at radius 2 is 1.28 bits per heavy atom. The Labute approximate surface area is 235 Å². The molecule has 2 rings (SSSR count). The first-order valence-corrected chi connectivity index (χ1v) is 14.6. The van der Waals surface area contributed by atoms with E-state index in [1.165, 1.54) is 30.6 Å². The predicted octanol–water partition coefficient (Wildman–Crippen LogP) is 7.98. The number of aliphatic carboxylic acids is 1. The van der Waals surface area contributed by atoms with Crippen LogP contribution in [0, 0.1) is 11.3 Å². The number of nitrogens with one attached hydrogen (secondary N) is 1. The molecule has 2 N–H and O–H groups in total. The molecule has 2 aromatic rings. The van der Waals surface area contributed by atoms with E-state index < -0.39 is 29.9 Å². The van der Waals surface area contributed by atoms with Crippen LogP contribution >= 0.6 is 0 Å². The minimum atomic E-state index is -1.02. The van der Waals surface area contributed by atoms with E-state index >= 15 is 0 Å². The Morgan fingerprint density at radius 3 is 1.74 bits per heavy atom. The van der Waals surface area contributed by atoms with Crippen LogP contribution in [0.4, 0.5) is 4.79 Å². The van der Waals surface area contributed by atoms with Crippen LogP contribution in [0.15, 0.2) is 60.7 Å². The number of carbonyl (C=O) groups excluding carboxylic acids is 2. The second-order valence-corrected chi connectivity index (χ2v) is 11.7. The fourth-order valence-corrected chi connectivity index (χ4v) is 4.84. The van der Waals surface area contributed by atoms with Crippen LogP contribution in [-0.2, 0) is 9.59 Å². The van der Waals surface area contributed by atoms with Gasteiger partial charge in [0.1, 0.15) is 0 Å². The van der Waals surface area contributed by atoms with Crippen LogP contribution in [0.3, 0.4) is 0 Å². The van der Waals surface area contributed by atoms with Crippen LogP contribution in [0.25, 0.3) is 0 Å². The van der Waals surface area contributed by atoms with Crippen molar-refractivity contribution >= 4 is 17.9 Å². The summed E-state index contributed by atoms with van der Waals surface area (Å²) in [6.45, 7) is 8.30. The summed E-state index contributed by atoms with van der Waals surface area (Å²) in [6, 6.07) is 18.4. The van der Waals surface area contributed by atoms with Gasteiger partial charge in [-0.25, -0.2) is 4.79 Å². The molecule has 0 bridgehead atoms. The summed E-state index contributed by atoms with van der Waals surface area (Å²) in [6.07, 6.45) is 9.12. The minimum Gasteiger partial charge on any atom is -0.481 e. The van der Waals surface area contributed by atoms with Crippen LogP contribution in [0.1, 0.15) is 109 Å². The fraction of sp³-hybridized carbons (Fsp3) is 0.545. The van der Waals surface area contributed by atoms with E-state index in [0.29, 0.717) is 6.42 Å². The molecular formula is C33H48N2O4. The third-order valence-corrected chi connectivity index (χ3v) is 6.85. The number of carboxylic acid groups (broad SMARTS) is 1. The van der Waals surface area contributed by atoms with Crippen molar-refractivity contribution in [3.8, 4) is 0 Å². The molecule has 0 unspecified atom stereocenters. The van der Waals surface area contributed by atoms with Crippen molar-refractivity contribution in [1.82, 2.24) is 10.2 Å². The van der Waals surface area contributed by atoms with Crippen molar-refractivity contribution in [2.45, 2.75) is 97.9 Å². The Balaban J connectivity index is 2.19. The van der Waals surface area contributed by atoms with Crippen molar-refractivity contribution in [3.05, 3.63) is 71.8 Å². The second kappa shape index (κ2) is 16.7. The molecule has 0 spiro atoms. The molecule has 0 aliphatic heterocycles. The SMILES string of the molecule is CCCCCCCCCC[C@H](CC(=O)O)C(=O)N(CC(C)(C)C)C(=O)NC(c1ccccc1)c1ccccc1. The van der Waals surface area contributed by atoms with Gasteiger partial charge in [0, 0.05) is 12.5 Å². The average molecular weight is 537 g/mol. The third kappa shape index (κ3) is 12.1. The van der Waals surface area contributed by atoms with Gasteiger partial charge in [-0.1, -0.05) is 140 Å². The highest BCUT2D eigenvalue weighted by Crippen LogP contribution is 2.25. The van der Waals surface area contributed by atoms with Crippen LogP contribution in [0.2, 0.25) is 0 Å². The molecule has 0 fully saturated rings. The molecule has 1 atom stereocenters. The van der Waals surface area contributed by atoms with E-state index in [1.807, 2.05) is 81.4 Å². The zero-order chi connectivity index (χ0) is 28.7. The van der Waals surface area contributed by atoms with E-state index in [0.717, 1.165) is 36.8 Å². The summed E-state index contributed by atoms with van der Waals surface area (Å²) in [5.41, 5.74) is 1.45. The summed E-state index contributed by atoms with van der Waals surface area (Å²) in [5, 5.41) is 12.7. The summed E-state index contributed by atoms with van der Waals surface area (Å²) < 4.78 is 0.